The van der Waals surface area contributed by atoms with Gasteiger partial charge in [0.05, 0.1) is 47.3 Å². The van der Waals surface area contributed by atoms with E-state index >= 15 is 0 Å². The molecule has 2 amide bonds. The van der Waals surface area contributed by atoms with Crippen molar-refractivity contribution in [1.29, 1.82) is 0 Å². The highest BCUT2D eigenvalue weighted by Crippen LogP contribution is 2.31. The average Bonchev–Trinajstić information content (AvgIpc) is 0.807. The maximum atomic E-state index is 12.7. The normalized spacial score (nSPS) is 10.9. The van der Waals surface area contributed by atoms with Gasteiger partial charge in [-0.2, -0.15) is 0 Å². The number of rotatable bonds is 22. The maximum absolute atomic E-state index is 12.7. The fourth-order valence-electron chi connectivity index (χ4n) is 11.0. The molecule has 0 saturated heterocycles. The number of nitrogens with two attached hydrogens (primary N) is 3. The van der Waals surface area contributed by atoms with Crippen molar-refractivity contribution >= 4 is 111 Å². The van der Waals surface area contributed by atoms with Crippen LogP contribution in [0.25, 0.3) is 50.7 Å². The molecule has 0 aliphatic carbocycles. The number of nitrogens with zero attached hydrogens (tertiary/aromatic N) is 9. The molecule has 7 aromatic heterocycles. The topological polar surface area (TPSA) is 396 Å². The van der Waals surface area contributed by atoms with Crippen LogP contribution >= 0.6 is 11.6 Å². The summed E-state index contributed by atoms with van der Waals surface area (Å²) in [6, 6.07) is 80.7. The minimum absolute atomic E-state index is 0.0144. The first-order valence-electron chi connectivity index (χ1n) is 35.1. The van der Waals surface area contributed by atoms with E-state index in [-0.39, 0.29) is 35.3 Å². The van der Waals surface area contributed by atoms with E-state index in [0.717, 1.165) is 56.3 Å². The number of benzene rings is 8. The second kappa shape index (κ2) is 37.0. The zero-order valence-electron chi connectivity index (χ0n) is 61.4. The number of aromatic nitrogens is 9. The van der Waals surface area contributed by atoms with Gasteiger partial charge in [-0.3, -0.25) is 24.4 Å². The summed E-state index contributed by atoms with van der Waals surface area (Å²) in [7, 11) is -10.9. The lowest BCUT2D eigenvalue weighted by atomic mass is 10.1. The van der Waals surface area contributed by atoms with E-state index < -0.39 is 41.3 Å². The van der Waals surface area contributed by atoms with Gasteiger partial charge in [0.1, 0.15) is 11.6 Å². The van der Waals surface area contributed by atoms with Crippen molar-refractivity contribution in [2.75, 3.05) is 21.3 Å². The molecule has 0 unspecified atom stereocenters. The summed E-state index contributed by atoms with van der Waals surface area (Å²) in [6.07, 6.45) is 10.5. The molecular formula is C87H69ClN16O9S3. The van der Waals surface area contributed by atoms with Crippen LogP contribution in [0.1, 0.15) is 43.6 Å². The van der Waals surface area contributed by atoms with Gasteiger partial charge in [-0.1, -0.05) is 97.0 Å². The molecule has 29 heteroatoms. The summed E-state index contributed by atoms with van der Waals surface area (Å²) in [5, 5.41) is 13.3. The number of sulfone groups is 3. The third-order valence-electron chi connectivity index (χ3n) is 17.1. The van der Waals surface area contributed by atoms with Gasteiger partial charge in [0.25, 0.3) is 0 Å². The summed E-state index contributed by atoms with van der Waals surface area (Å²) in [5.74, 6) is 1.20. The van der Waals surface area contributed by atoms with Gasteiger partial charge >= 0.3 is 0 Å². The average molecular weight is 1610 g/mol. The van der Waals surface area contributed by atoms with Crippen LogP contribution in [0.3, 0.4) is 0 Å². The van der Waals surface area contributed by atoms with Crippen molar-refractivity contribution in [3.63, 3.8) is 0 Å². The van der Waals surface area contributed by atoms with Gasteiger partial charge < -0.3 is 38.5 Å². The number of pyridine rings is 5. The Balaban J connectivity index is 0.000000143. The number of ketones is 1. The van der Waals surface area contributed by atoms with Gasteiger partial charge in [-0.05, 0) is 219 Å². The lowest BCUT2D eigenvalue weighted by Crippen LogP contribution is -2.10. The highest BCUT2D eigenvalue weighted by molar-refractivity contribution is 7.92. The third kappa shape index (κ3) is 21.0. The third-order valence-corrected chi connectivity index (χ3v) is 22.6. The first kappa shape index (κ1) is 80.7. The number of carbonyl (C=O) groups excluding carboxylic acids is 3. The Morgan fingerprint density at radius 2 is 0.716 bits per heavy atom. The molecule has 0 aliphatic rings. The van der Waals surface area contributed by atoms with Gasteiger partial charge in [0.2, 0.25) is 53.2 Å². The van der Waals surface area contributed by atoms with Crippen LogP contribution in [0.5, 0.6) is 0 Å². The summed E-state index contributed by atoms with van der Waals surface area (Å²) >= 11 is 5.90. The lowest BCUT2D eigenvalue weighted by molar-refractivity contribution is 0.0992. The van der Waals surface area contributed by atoms with Crippen molar-refractivity contribution < 1.29 is 39.6 Å². The summed E-state index contributed by atoms with van der Waals surface area (Å²) in [6.45, 7) is 5.26. The Labute approximate surface area is 673 Å². The molecule has 0 radical (unpaired) electrons. The van der Waals surface area contributed by atoms with E-state index in [1.165, 1.54) is 55.2 Å². The Kier molecular flexibility index (Phi) is 25.7. The second-order valence-electron chi connectivity index (χ2n) is 25.1. The van der Waals surface area contributed by atoms with E-state index in [0.29, 0.717) is 68.0 Å². The molecule has 10 N–H and O–H groups in total. The fourth-order valence-corrected chi connectivity index (χ4v) is 14.8. The molecule has 0 aliphatic heterocycles. The Morgan fingerprint density at radius 1 is 0.328 bits per heavy atom. The number of hydrogen-bond acceptors (Lipinski definition) is 23. The molecule has 7 heterocycles. The molecule has 15 aromatic rings. The van der Waals surface area contributed by atoms with Crippen molar-refractivity contribution in [2.24, 2.45) is 17.2 Å². The van der Waals surface area contributed by atoms with Gasteiger partial charge in [0, 0.05) is 116 Å². The van der Waals surface area contributed by atoms with Crippen molar-refractivity contribution in [3.05, 3.63) is 362 Å². The molecule has 25 nitrogen and oxygen atoms in total. The highest BCUT2D eigenvalue weighted by Gasteiger charge is 2.22. The minimum atomic E-state index is -3.67. The molecular weight excluding hydrogens is 1540 g/mol. The van der Waals surface area contributed by atoms with E-state index in [2.05, 4.69) is 72.7 Å². The summed E-state index contributed by atoms with van der Waals surface area (Å²) < 4.78 is 76.3. The Hall–Kier alpha value is -14.8. The molecule has 0 bridgehead atoms. The molecule has 0 spiro atoms. The van der Waals surface area contributed by atoms with Gasteiger partial charge in [-0.15, -0.1) is 0 Å². The lowest BCUT2D eigenvalue weighted by Gasteiger charge is -2.09. The van der Waals surface area contributed by atoms with E-state index in [9.17, 15) is 39.6 Å². The molecule has 15 rings (SSSR count). The fraction of sp³-hybridized carbons (Fsp3) is 0.0115. The summed E-state index contributed by atoms with van der Waals surface area (Å²) in [4.78, 5) is 72.9. The smallest absolute Gasteiger partial charge is 0.248 e. The number of carbonyl (C=O) groups is 3. The second-order valence-corrected chi connectivity index (χ2v) is 31.3. The van der Waals surface area contributed by atoms with Crippen LogP contribution in [-0.4, -0.2) is 87.7 Å². The van der Waals surface area contributed by atoms with Crippen molar-refractivity contribution in [2.45, 2.75) is 36.4 Å². The zero-order valence-corrected chi connectivity index (χ0v) is 64.6. The van der Waals surface area contributed by atoms with Crippen LogP contribution in [0.2, 0.25) is 5.02 Å². The van der Waals surface area contributed by atoms with Crippen LogP contribution in [-0.2, 0) is 29.5 Å². The van der Waals surface area contributed by atoms with Gasteiger partial charge in [0.15, 0.2) is 10.8 Å². The quantitative estimate of drug-likeness (QED) is 0.0310. The van der Waals surface area contributed by atoms with Crippen molar-refractivity contribution in [3.8, 4) is 45.0 Å². The van der Waals surface area contributed by atoms with E-state index in [1.54, 1.807) is 177 Å². The first-order valence-corrected chi connectivity index (χ1v) is 39.9. The standard InChI is InChI=1S/C23H19N5O2S.2C23H18N4O3S.C18H14ClN3O/c1-16(24)17-5-9-19(10-6-17)27-23-26-15-13-21(28-23)18-7-11-20(12-8-18)31(29,30)22-4-2-3-14-25-22;24-23(28)17-6-10-18(11-7-17)26-22-5-1-4-21(27-22)16-8-12-19(13-9-16)31(29,30)20-3-2-14-25-15-20;24-23(28)17-4-8-18(9-5-17)26-22-3-1-2-21(27-22)16-6-10-19(11-7-16)31(29,30)20-12-14-25-15-13-20;1-12(23)13-4-8-16(9-5-13)21-18-20-11-10-17(22-18)14-2-6-15(19)7-3-14/h2-15H,1,24H2,(H,26,27,28);2*1-15H,(H2,24,28)(H,26,27);2-11H,1H3,(H,20,21,22). The van der Waals surface area contributed by atoms with Crippen molar-refractivity contribution in [1.82, 2.24) is 44.9 Å². The van der Waals surface area contributed by atoms with E-state index in [1.807, 2.05) is 103 Å². The first-order chi connectivity index (χ1) is 55.9. The van der Waals surface area contributed by atoms with E-state index in [4.69, 9.17) is 28.8 Å². The van der Waals surface area contributed by atoms with Gasteiger partial charge in [-0.25, -0.2) is 60.1 Å². The Bertz CT molecular complexity index is 5840. The number of halogens is 1. The molecule has 0 fully saturated rings. The summed E-state index contributed by atoms with van der Waals surface area (Å²) in [5.41, 5.74) is 28.3. The van der Waals surface area contributed by atoms with Crippen LogP contribution in [0.4, 0.5) is 46.3 Å². The molecule has 0 atom stereocenters. The zero-order chi connectivity index (χ0) is 81.8. The Morgan fingerprint density at radius 3 is 1.11 bits per heavy atom. The monoisotopic (exact) mass is 1610 g/mol. The highest BCUT2D eigenvalue weighted by atomic mass is 35.5. The number of hydrogen-bond donors (Lipinski definition) is 7. The maximum Gasteiger partial charge on any atom is 0.248 e. The molecule has 8 aromatic carbocycles. The number of nitrogens with one attached hydrogen (secondary N) is 4. The van der Waals surface area contributed by atoms with Crippen LogP contribution < -0.4 is 38.5 Å². The molecule has 116 heavy (non-hydrogen) atoms. The number of primary amides is 2. The minimum Gasteiger partial charge on any atom is -0.399 e. The van der Waals surface area contributed by atoms with Crippen LogP contribution in [0, 0.1) is 0 Å². The molecule has 0 saturated carbocycles. The van der Waals surface area contributed by atoms with Crippen LogP contribution in [0.15, 0.2) is 365 Å². The number of anilines is 8. The SMILES string of the molecule is C=C(N)c1ccc(Nc2nccc(-c3ccc(S(=O)(=O)c4ccccn4)cc3)n2)cc1.CC(=O)c1ccc(Nc2nccc(-c3ccc(Cl)cc3)n2)cc1.NC(=O)c1ccc(Nc2cccc(-c3ccc(S(=O)(=O)c4cccnc4)cc3)n2)cc1.NC(=O)c1ccc(Nc2cccc(-c3ccc(S(=O)(=O)c4ccncc4)cc3)n2)cc1. The predicted molar refractivity (Wildman–Crippen MR) is 448 cm³/mol. The number of Topliss-reactive ketones (excluding diaryl/α,β-unsaturated/α-hetero) is 1. The molecule has 576 valence electrons. The largest absolute Gasteiger partial charge is 0.399 e. The number of amides is 2. The predicted octanol–water partition coefficient (Wildman–Crippen LogP) is 16.4.